The minimum absolute atomic E-state index is 0.265. The SMILES string of the molecule is COc1cc(Cl)ccc1NC(=S)N(C[C@H]1CC=CCC1)C[C@H]1CCCO1. The van der Waals surface area contributed by atoms with Crippen LogP contribution in [-0.2, 0) is 4.74 Å². The lowest BCUT2D eigenvalue weighted by atomic mass is 9.94. The molecule has 1 fully saturated rings. The van der Waals surface area contributed by atoms with Gasteiger partial charge in [0.15, 0.2) is 5.11 Å². The average Bonchev–Trinajstić information content (AvgIpc) is 3.16. The van der Waals surface area contributed by atoms with Crippen LogP contribution < -0.4 is 10.1 Å². The van der Waals surface area contributed by atoms with Crippen LogP contribution in [0, 0.1) is 5.92 Å². The number of allylic oxidation sites excluding steroid dienone is 2. The van der Waals surface area contributed by atoms with E-state index >= 15 is 0 Å². The summed E-state index contributed by atoms with van der Waals surface area (Å²) in [5, 5.41) is 4.71. The molecule has 0 aromatic heterocycles. The van der Waals surface area contributed by atoms with E-state index in [2.05, 4.69) is 22.4 Å². The first-order valence-corrected chi connectivity index (χ1v) is 10.1. The molecule has 0 spiro atoms. The van der Waals surface area contributed by atoms with Crippen molar-refractivity contribution in [2.45, 2.75) is 38.2 Å². The number of ether oxygens (including phenoxy) is 2. The summed E-state index contributed by atoms with van der Waals surface area (Å²) in [7, 11) is 1.64. The third kappa shape index (κ3) is 5.35. The number of anilines is 1. The van der Waals surface area contributed by atoms with Gasteiger partial charge in [-0.1, -0.05) is 23.8 Å². The Labute approximate surface area is 166 Å². The number of benzene rings is 1. The summed E-state index contributed by atoms with van der Waals surface area (Å²) < 4.78 is 11.3. The second-order valence-corrected chi connectivity index (χ2v) is 7.79. The van der Waals surface area contributed by atoms with Gasteiger partial charge in [-0.05, 0) is 62.4 Å². The van der Waals surface area contributed by atoms with E-state index in [1.54, 1.807) is 13.2 Å². The molecule has 3 rings (SSSR count). The lowest BCUT2D eigenvalue weighted by Gasteiger charge is -2.32. The Morgan fingerprint density at radius 1 is 1.35 bits per heavy atom. The summed E-state index contributed by atoms with van der Waals surface area (Å²) in [5.74, 6) is 1.32. The average molecular weight is 395 g/mol. The maximum absolute atomic E-state index is 6.06. The zero-order valence-electron chi connectivity index (χ0n) is 15.2. The van der Waals surface area contributed by atoms with Gasteiger partial charge in [-0.15, -0.1) is 0 Å². The highest BCUT2D eigenvalue weighted by atomic mass is 35.5. The van der Waals surface area contributed by atoms with Crippen molar-refractivity contribution in [3.63, 3.8) is 0 Å². The maximum atomic E-state index is 6.06. The highest BCUT2D eigenvalue weighted by Gasteiger charge is 2.24. The van der Waals surface area contributed by atoms with E-state index in [-0.39, 0.29) is 6.10 Å². The van der Waals surface area contributed by atoms with Crippen LogP contribution in [0.4, 0.5) is 5.69 Å². The highest BCUT2D eigenvalue weighted by Crippen LogP contribution is 2.29. The Kier molecular flexibility index (Phi) is 7.17. The predicted molar refractivity (Wildman–Crippen MR) is 111 cm³/mol. The van der Waals surface area contributed by atoms with E-state index < -0.39 is 0 Å². The van der Waals surface area contributed by atoms with Crippen molar-refractivity contribution in [1.29, 1.82) is 0 Å². The number of thiocarbonyl (C=S) groups is 1. The Morgan fingerprint density at radius 2 is 2.23 bits per heavy atom. The smallest absolute Gasteiger partial charge is 0.173 e. The molecule has 0 unspecified atom stereocenters. The van der Waals surface area contributed by atoms with Crippen molar-refractivity contribution in [2.24, 2.45) is 5.92 Å². The molecule has 1 aliphatic carbocycles. The summed E-state index contributed by atoms with van der Waals surface area (Å²) in [4.78, 5) is 2.27. The quantitative estimate of drug-likeness (QED) is 0.549. The summed E-state index contributed by atoms with van der Waals surface area (Å²) in [6.45, 7) is 2.64. The molecule has 2 atom stereocenters. The topological polar surface area (TPSA) is 33.7 Å². The highest BCUT2D eigenvalue weighted by molar-refractivity contribution is 7.80. The summed E-state index contributed by atoms with van der Waals surface area (Å²) in [6.07, 6.45) is 10.6. The number of nitrogens with zero attached hydrogens (tertiary/aromatic N) is 1. The molecule has 1 N–H and O–H groups in total. The molecule has 142 valence electrons. The normalized spacial score (nSPS) is 22.2. The van der Waals surface area contributed by atoms with Crippen LogP contribution in [0.1, 0.15) is 32.1 Å². The first-order valence-electron chi connectivity index (χ1n) is 9.32. The molecule has 6 heteroatoms. The van der Waals surface area contributed by atoms with Crippen LogP contribution in [-0.4, -0.2) is 42.9 Å². The predicted octanol–water partition coefficient (Wildman–Crippen LogP) is 4.88. The van der Waals surface area contributed by atoms with Gasteiger partial charge in [0.2, 0.25) is 0 Å². The molecule has 0 saturated carbocycles. The van der Waals surface area contributed by atoms with Gasteiger partial charge < -0.3 is 19.7 Å². The molecular weight excluding hydrogens is 368 g/mol. The number of halogens is 1. The molecule has 1 aromatic carbocycles. The molecule has 4 nitrogen and oxygen atoms in total. The first-order chi connectivity index (χ1) is 12.7. The fourth-order valence-electron chi connectivity index (χ4n) is 3.57. The minimum atomic E-state index is 0.265. The Hall–Kier alpha value is -1.30. The van der Waals surface area contributed by atoms with Gasteiger partial charge in [-0.3, -0.25) is 0 Å². The standard InChI is InChI=1S/C20H27ClN2O2S/c1-24-19-12-16(21)9-10-18(19)22-20(26)23(14-17-8-5-11-25-17)13-15-6-3-2-4-7-15/h2-3,9-10,12,15,17H,4-8,11,13-14H2,1H3,(H,22,26)/t15-,17+/m0/s1. The van der Waals surface area contributed by atoms with Crippen LogP contribution >= 0.6 is 23.8 Å². The molecule has 1 aromatic rings. The fraction of sp³-hybridized carbons (Fsp3) is 0.550. The molecule has 0 bridgehead atoms. The Balaban J connectivity index is 1.69. The van der Waals surface area contributed by atoms with E-state index in [0.717, 1.165) is 56.2 Å². The Bertz CT molecular complexity index is 647. The number of rotatable bonds is 6. The van der Waals surface area contributed by atoms with E-state index in [1.807, 2.05) is 12.1 Å². The molecule has 26 heavy (non-hydrogen) atoms. The van der Waals surface area contributed by atoms with E-state index in [1.165, 1.54) is 6.42 Å². The molecule has 2 aliphatic rings. The summed E-state index contributed by atoms with van der Waals surface area (Å²) >= 11 is 11.8. The number of hydrogen-bond acceptors (Lipinski definition) is 3. The van der Waals surface area contributed by atoms with Gasteiger partial charge in [0.1, 0.15) is 5.75 Å². The van der Waals surface area contributed by atoms with Gasteiger partial charge in [0.05, 0.1) is 18.9 Å². The van der Waals surface area contributed by atoms with Crippen molar-refractivity contribution >= 4 is 34.6 Å². The summed E-state index contributed by atoms with van der Waals surface area (Å²) in [6, 6.07) is 5.54. The van der Waals surface area contributed by atoms with Crippen LogP contribution in [0.25, 0.3) is 0 Å². The molecule has 1 saturated heterocycles. The second-order valence-electron chi connectivity index (χ2n) is 6.97. The van der Waals surface area contributed by atoms with E-state index in [0.29, 0.717) is 16.7 Å². The van der Waals surface area contributed by atoms with Gasteiger partial charge in [0, 0.05) is 30.8 Å². The van der Waals surface area contributed by atoms with Gasteiger partial charge in [-0.2, -0.15) is 0 Å². The van der Waals surface area contributed by atoms with Crippen LogP contribution in [0.2, 0.25) is 5.02 Å². The van der Waals surface area contributed by atoms with Gasteiger partial charge in [0.25, 0.3) is 0 Å². The molecule has 0 amide bonds. The molecular formula is C20H27ClN2O2S. The minimum Gasteiger partial charge on any atom is -0.495 e. The zero-order valence-corrected chi connectivity index (χ0v) is 16.8. The summed E-state index contributed by atoms with van der Waals surface area (Å²) in [5.41, 5.74) is 0.836. The molecule has 0 radical (unpaired) electrons. The molecule has 1 aliphatic heterocycles. The zero-order chi connectivity index (χ0) is 18.4. The first kappa shape index (κ1) is 19.5. The van der Waals surface area contributed by atoms with Gasteiger partial charge in [-0.25, -0.2) is 0 Å². The third-order valence-corrected chi connectivity index (χ3v) is 5.59. The van der Waals surface area contributed by atoms with Crippen molar-refractivity contribution in [3.05, 3.63) is 35.4 Å². The van der Waals surface area contributed by atoms with Crippen LogP contribution in [0.5, 0.6) is 5.75 Å². The monoisotopic (exact) mass is 394 g/mol. The Morgan fingerprint density at radius 3 is 2.92 bits per heavy atom. The van der Waals surface area contributed by atoms with Crippen molar-refractivity contribution in [2.75, 3.05) is 32.1 Å². The fourth-order valence-corrected chi connectivity index (χ4v) is 3.99. The van der Waals surface area contributed by atoms with Crippen LogP contribution in [0.15, 0.2) is 30.4 Å². The van der Waals surface area contributed by atoms with E-state index in [4.69, 9.17) is 33.3 Å². The van der Waals surface area contributed by atoms with Crippen molar-refractivity contribution in [1.82, 2.24) is 4.90 Å². The third-order valence-electron chi connectivity index (χ3n) is 5.00. The van der Waals surface area contributed by atoms with Gasteiger partial charge >= 0.3 is 0 Å². The van der Waals surface area contributed by atoms with E-state index in [9.17, 15) is 0 Å². The largest absolute Gasteiger partial charge is 0.495 e. The lowest BCUT2D eigenvalue weighted by molar-refractivity contribution is 0.0882. The lowest BCUT2D eigenvalue weighted by Crippen LogP contribution is -2.43. The number of hydrogen-bond donors (Lipinski definition) is 1. The number of methoxy groups -OCH3 is 1. The van der Waals surface area contributed by atoms with Crippen molar-refractivity contribution in [3.8, 4) is 5.75 Å². The van der Waals surface area contributed by atoms with Crippen LogP contribution in [0.3, 0.4) is 0 Å². The maximum Gasteiger partial charge on any atom is 0.173 e. The second kappa shape index (κ2) is 9.58. The molecule has 1 heterocycles. The van der Waals surface area contributed by atoms with Crippen molar-refractivity contribution < 1.29 is 9.47 Å². The number of nitrogens with one attached hydrogen (secondary N) is 1.